The second-order valence-electron chi connectivity index (χ2n) is 3.20. The third kappa shape index (κ3) is 2.56. The Hall–Kier alpha value is -2.17. The molecule has 8 heteroatoms. The van der Waals surface area contributed by atoms with Crippen molar-refractivity contribution >= 4 is 5.97 Å². The molecule has 0 aliphatic heterocycles. The number of carboxylic acids is 1. The SMILES string of the molecule is N#Cc1cc(C(F)(F)F)c(C(F)F)cc1C(=O)O. The number of halogens is 5. The van der Waals surface area contributed by atoms with Crippen molar-refractivity contribution in [3.63, 3.8) is 0 Å². The maximum atomic E-state index is 12.5. The number of carbonyl (C=O) groups is 1. The van der Waals surface area contributed by atoms with Gasteiger partial charge in [0.1, 0.15) is 6.07 Å². The summed E-state index contributed by atoms with van der Waals surface area (Å²) < 4.78 is 62.3. The third-order valence-electron chi connectivity index (χ3n) is 2.08. The molecule has 1 N–H and O–H groups in total. The van der Waals surface area contributed by atoms with Crippen LogP contribution < -0.4 is 0 Å². The minimum Gasteiger partial charge on any atom is -0.478 e. The topological polar surface area (TPSA) is 61.1 Å². The van der Waals surface area contributed by atoms with E-state index in [0.717, 1.165) is 0 Å². The van der Waals surface area contributed by atoms with Gasteiger partial charge in [0, 0.05) is 5.56 Å². The highest BCUT2D eigenvalue weighted by atomic mass is 19.4. The first-order valence-corrected chi connectivity index (χ1v) is 4.35. The number of carboxylic acid groups (broad SMARTS) is 1. The smallest absolute Gasteiger partial charge is 0.416 e. The number of rotatable bonds is 2. The summed E-state index contributed by atoms with van der Waals surface area (Å²) in [6.07, 6.45) is -8.58. The Bertz CT molecular complexity index is 530. The van der Waals surface area contributed by atoms with Crippen LogP contribution in [0.4, 0.5) is 22.0 Å². The van der Waals surface area contributed by atoms with Crippen LogP contribution in [0.25, 0.3) is 0 Å². The number of benzene rings is 1. The Kier molecular flexibility index (Phi) is 3.55. The fourth-order valence-electron chi connectivity index (χ4n) is 1.31. The van der Waals surface area contributed by atoms with Crippen LogP contribution in [0.5, 0.6) is 0 Å². The van der Waals surface area contributed by atoms with E-state index in [9.17, 15) is 26.7 Å². The molecule has 0 heterocycles. The highest BCUT2D eigenvalue weighted by molar-refractivity contribution is 5.91. The first-order chi connectivity index (χ1) is 8.18. The molecule has 0 aliphatic rings. The van der Waals surface area contributed by atoms with E-state index in [2.05, 4.69) is 0 Å². The lowest BCUT2D eigenvalue weighted by Crippen LogP contribution is -2.13. The van der Waals surface area contributed by atoms with Gasteiger partial charge in [-0.3, -0.25) is 0 Å². The molecule has 0 saturated carbocycles. The number of nitrogens with zero attached hydrogens (tertiary/aromatic N) is 1. The molecule has 1 aromatic rings. The van der Waals surface area contributed by atoms with Crippen molar-refractivity contribution in [3.05, 3.63) is 34.4 Å². The van der Waals surface area contributed by atoms with Crippen molar-refractivity contribution in [2.24, 2.45) is 0 Å². The molecule has 0 atom stereocenters. The minimum atomic E-state index is -5.09. The van der Waals surface area contributed by atoms with Crippen LogP contribution in [0, 0.1) is 11.3 Å². The number of alkyl halides is 5. The quantitative estimate of drug-likeness (QED) is 0.835. The summed E-state index contributed by atoms with van der Waals surface area (Å²) in [6, 6.07) is 1.52. The lowest BCUT2D eigenvalue weighted by molar-refractivity contribution is -0.139. The van der Waals surface area contributed by atoms with E-state index in [4.69, 9.17) is 10.4 Å². The molecule has 3 nitrogen and oxygen atoms in total. The zero-order valence-electron chi connectivity index (χ0n) is 8.42. The molecule has 1 rings (SSSR count). The predicted molar refractivity (Wildman–Crippen MR) is 48.1 cm³/mol. The summed E-state index contributed by atoms with van der Waals surface area (Å²) in [7, 11) is 0. The van der Waals surface area contributed by atoms with Gasteiger partial charge in [0.15, 0.2) is 0 Å². The van der Waals surface area contributed by atoms with Gasteiger partial charge < -0.3 is 5.11 Å². The molecule has 18 heavy (non-hydrogen) atoms. The summed E-state index contributed by atoms with van der Waals surface area (Å²) in [6.45, 7) is 0. The van der Waals surface area contributed by atoms with Gasteiger partial charge in [-0.25, -0.2) is 13.6 Å². The fraction of sp³-hybridized carbons (Fsp3) is 0.200. The van der Waals surface area contributed by atoms with E-state index in [-0.39, 0.29) is 12.1 Å². The van der Waals surface area contributed by atoms with Crippen LogP contribution in [-0.2, 0) is 6.18 Å². The Morgan fingerprint density at radius 3 is 2.22 bits per heavy atom. The van der Waals surface area contributed by atoms with E-state index in [1.54, 1.807) is 0 Å². The number of aromatic carboxylic acids is 1. The second kappa shape index (κ2) is 4.60. The van der Waals surface area contributed by atoms with Gasteiger partial charge in [-0.1, -0.05) is 0 Å². The van der Waals surface area contributed by atoms with E-state index >= 15 is 0 Å². The molecule has 0 saturated heterocycles. The molecule has 1 aromatic carbocycles. The van der Waals surface area contributed by atoms with Crippen LogP contribution in [0.3, 0.4) is 0 Å². The summed E-state index contributed by atoms with van der Waals surface area (Å²) in [5, 5.41) is 17.1. The van der Waals surface area contributed by atoms with Crippen molar-refractivity contribution in [1.29, 1.82) is 5.26 Å². The van der Waals surface area contributed by atoms with E-state index in [1.165, 1.54) is 6.07 Å². The maximum Gasteiger partial charge on any atom is 0.416 e. The molecule has 0 radical (unpaired) electrons. The number of nitriles is 1. The second-order valence-corrected chi connectivity index (χ2v) is 3.20. The van der Waals surface area contributed by atoms with E-state index < -0.39 is 40.8 Å². The Labute approximate surface area is 97.1 Å². The summed E-state index contributed by atoms with van der Waals surface area (Å²) in [4.78, 5) is 10.6. The summed E-state index contributed by atoms with van der Waals surface area (Å²) in [5.41, 5.74) is -4.88. The van der Waals surface area contributed by atoms with E-state index in [1.807, 2.05) is 0 Å². The highest BCUT2D eigenvalue weighted by Gasteiger charge is 2.37. The van der Waals surface area contributed by atoms with Crippen LogP contribution in [0.15, 0.2) is 12.1 Å². The molecule has 0 unspecified atom stereocenters. The van der Waals surface area contributed by atoms with Crippen molar-refractivity contribution < 1.29 is 31.9 Å². The highest BCUT2D eigenvalue weighted by Crippen LogP contribution is 2.37. The summed E-state index contributed by atoms with van der Waals surface area (Å²) >= 11 is 0. The van der Waals surface area contributed by atoms with Crippen molar-refractivity contribution in [1.82, 2.24) is 0 Å². The lowest BCUT2D eigenvalue weighted by atomic mass is 9.98. The summed E-state index contributed by atoms with van der Waals surface area (Å²) in [5.74, 6) is -1.75. The molecular weight excluding hydrogens is 261 g/mol. The Morgan fingerprint density at radius 2 is 1.89 bits per heavy atom. The van der Waals surface area contributed by atoms with Crippen molar-refractivity contribution in [3.8, 4) is 6.07 Å². The lowest BCUT2D eigenvalue weighted by Gasteiger charge is -2.13. The average molecular weight is 265 g/mol. The fourth-order valence-corrected chi connectivity index (χ4v) is 1.31. The number of hydrogen-bond acceptors (Lipinski definition) is 2. The van der Waals surface area contributed by atoms with Gasteiger partial charge >= 0.3 is 12.1 Å². The van der Waals surface area contributed by atoms with Crippen LogP contribution in [0.1, 0.15) is 33.5 Å². The molecule has 0 spiro atoms. The number of hydrogen-bond donors (Lipinski definition) is 1. The molecule has 0 bridgehead atoms. The Morgan fingerprint density at radius 1 is 1.33 bits per heavy atom. The van der Waals surface area contributed by atoms with E-state index in [0.29, 0.717) is 0 Å². The normalized spacial score (nSPS) is 11.4. The largest absolute Gasteiger partial charge is 0.478 e. The van der Waals surface area contributed by atoms with Crippen molar-refractivity contribution in [2.45, 2.75) is 12.6 Å². The first-order valence-electron chi connectivity index (χ1n) is 4.35. The average Bonchev–Trinajstić information content (AvgIpc) is 2.25. The Balaban J connectivity index is 3.64. The molecule has 0 fully saturated rings. The van der Waals surface area contributed by atoms with Gasteiger partial charge in [-0.2, -0.15) is 18.4 Å². The van der Waals surface area contributed by atoms with Gasteiger partial charge in [-0.15, -0.1) is 0 Å². The molecular formula is C10H4F5NO2. The van der Waals surface area contributed by atoms with Gasteiger partial charge in [0.25, 0.3) is 6.43 Å². The predicted octanol–water partition coefficient (Wildman–Crippen LogP) is 3.21. The maximum absolute atomic E-state index is 12.5. The molecule has 0 aliphatic carbocycles. The van der Waals surface area contributed by atoms with Gasteiger partial charge in [0.05, 0.1) is 16.7 Å². The van der Waals surface area contributed by atoms with Crippen molar-refractivity contribution in [2.75, 3.05) is 0 Å². The van der Waals surface area contributed by atoms with Gasteiger partial charge in [-0.05, 0) is 12.1 Å². The minimum absolute atomic E-state index is 0.116. The zero-order chi connectivity index (χ0) is 14.1. The molecule has 0 amide bonds. The molecule has 96 valence electrons. The standard InChI is InChI=1S/C10H4F5NO2/c11-8(12)6-2-5(9(17)18)4(3-16)1-7(6)10(13,14)15/h1-2,8H,(H,17,18). The third-order valence-corrected chi connectivity index (χ3v) is 2.08. The first kappa shape index (κ1) is 13.9. The zero-order valence-corrected chi connectivity index (χ0v) is 8.42. The van der Waals surface area contributed by atoms with Crippen LogP contribution in [0.2, 0.25) is 0 Å². The van der Waals surface area contributed by atoms with Crippen LogP contribution in [-0.4, -0.2) is 11.1 Å². The van der Waals surface area contributed by atoms with Gasteiger partial charge in [0.2, 0.25) is 0 Å². The van der Waals surface area contributed by atoms with Crippen LogP contribution >= 0.6 is 0 Å². The monoisotopic (exact) mass is 265 g/mol. The molecule has 0 aromatic heterocycles.